The Morgan fingerprint density at radius 1 is 1.08 bits per heavy atom. The van der Waals surface area contributed by atoms with Gasteiger partial charge in [0.15, 0.2) is 5.76 Å². The van der Waals surface area contributed by atoms with Crippen molar-refractivity contribution in [1.29, 1.82) is 0 Å². The Bertz CT molecular complexity index is 707. The number of nitrogens with one attached hydrogen (secondary N) is 1. The smallest absolute Gasteiger partial charge is 0.289 e. The number of piperazine rings is 1. The van der Waals surface area contributed by atoms with Crippen LogP contribution in [0.2, 0.25) is 0 Å². The van der Waals surface area contributed by atoms with Gasteiger partial charge in [-0.05, 0) is 43.6 Å². The van der Waals surface area contributed by atoms with Crippen molar-refractivity contribution in [1.82, 2.24) is 15.1 Å². The largest absolute Gasteiger partial charge is 0.455 e. The minimum absolute atomic E-state index is 0.00453. The lowest BCUT2D eigenvalue weighted by atomic mass is 10.0. The van der Waals surface area contributed by atoms with Crippen LogP contribution in [0.4, 0.5) is 0 Å². The number of carbonyl (C=O) groups is 1. The van der Waals surface area contributed by atoms with Gasteiger partial charge in [-0.25, -0.2) is 0 Å². The average molecular weight is 339 g/mol. The van der Waals surface area contributed by atoms with Crippen LogP contribution in [0.25, 0.3) is 0 Å². The molecular formula is C20H25N3O2. The van der Waals surface area contributed by atoms with Crippen molar-refractivity contribution in [3.05, 3.63) is 59.5 Å². The van der Waals surface area contributed by atoms with Crippen LogP contribution in [0.15, 0.2) is 46.9 Å². The predicted molar refractivity (Wildman–Crippen MR) is 96.3 cm³/mol. The van der Waals surface area contributed by atoms with Gasteiger partial charge >= 0.3 is 0 Å². The van der Waals surface area contributed by atoms with Gasteiger partial charge in [0.25, 0.3) is 5.91 Å². The molecule has 25 heavy (non-hydrogen) atoms. The number of hydrogen-bond donors (Lipinski definition) is 1. The minimum Gasteiger partial charge on any atom is -0.455 e. The summed E-state index contributed by atoms with van der Waals surface area (Å²) < 4.78 is 5.85. The average Bonchev–Trinajstić information content (AvgIpc) is 3.34. The second kappa shape index (κ2) is 7.42. The molecule has 2 aliphatic rings. The lowest BCUT2D eigenvalue weighted by Gasteiger charge is -2.33. The van der Waals surface area contributed by atoms with Gasteiger partial charge in [0.05, 0.1) is 6.54 Å². The van der Waals surface area contributed by atoms with Gasteiger partial charge in [-0.2, -0.15) is 0 Å². The van der Waals surface area contributed by atoms with Crippen molar-refractivity contribution < 1.29 is 9.21 Å². The topological polar surface area (TPSA) is 48.7 Å². The van der Waals surface area contributed by atoms with Crippen molar-refractivity contribution in [3.8, 4) is 0 Å². The summed E-state index contributed by atoms with van der Waals surface area (Å²) in [5, 5.41) is 3.49. The number of rotatable bonds is 4. The first-order chi connectivity index (χ1) is 12.3. The minimum atomic E-state index is -0.00453. The third-order valence-electron chi connectivity index (χ3n) is 5.12. The van der Waals surface area contributed by atoms with Gasteiger partial charge in [0, 0.05) is 25.7 Å². The molecule has 0 aliphatic carbocycles. The first-order valence-electron chi connectivity index (χ1n) is 9.18. The molecule has 1 N–H and O–H groups in total. The third-order valence-corrected chi connectivity index (χ3v) is 5.12. The van der Waals surface area contributed by atoms with E-state index in [1.165, 1.54) is 18.4 Å². The molecule has 4 rings (SSSR count). The number of furan rings is 1. The molecule has 1 atom stereocenters. The Morgan fingerprint density at radius 3 is 2.68 bits per heavy atom. The van der Waals surface area contributed by atoms with Crippen LogP contribution in [0, 0.1) is 0 Å². The summed E-state index contributed by atoms with van der Waals surface area (Å²) in [7, 11) is 0. The maximum Gasteiger partial charge on any atom is 0.289 e. The second-order valence-corrected chi connectivity index (χ2v) is 6.92. The number of carbonyl (C=O) groups excluding carboxylic acids is 1. The standard InChI is InChI=1S/C20H25N3O2/c24-20(19-9-8-17(25-19)14-22-11-4-5-12-22)23-13-10-21-18(15-23)16-6-2-1-3-7-16/h1-3,6-9,18,21H,4-5,10-15H2/t18-/m1/s1. The molecule has 1 aromatic heterocycles. The van der Waals surface area contributed by atoms with E-state index in [1.807, 2.05) is 35.2 Å². The van der Waals surface area contributed by atoms with Crippen LogP contribution in [-0.4, -0.2) is 48.4 Å². The van der Waals surface area contributed by atoms with E-state index in [4.69, 9.17) is 4.42 Å². The summed E-state index contributed by atoms with van der Waals surface area (Å²) in [4.78, 5) is 17.1. The molecule has 132 valence electrons. The van der Waals surface area contributed by atoms with Crippen LogP contribution < -0.4 is 5.32 Å². The van der Waals surface area contributed by atoms with Crippen molar-refractivity contribution in [2.24, 2.45) is 0 Å². The molecule has 2 aliphatic heterocycles. The molecule has 2 aromatic rings. The van der Waals surface area contributed by atoms with Gasteiger partial charge in [0.2, 0.25) is 0 Å². The quantitative estimate of drug-likeness (QED) is 0.930. The highest BCUT2D eigenvalue weighted by atomic mass is 16.4. The summed E-state index contributed by atoms with van der Waals surface area (Å²) in [6.07, 6.45) is 2.52. The Kier molecular flexibility index (Phi) is 4.85. The highest BCUT2D eigenvalue weighted by Gasteiger charge is 2.27. The molecule has 0 saturated carbocycles. The summed E-state index contributed by atoms with van der Waals surface area (Å²) in [6.45, 7) is 5.24. The van der Waals surface area contributed by atoms with Gasteiger partial charge in [-0.1, -0.05) is 30.3 Å². The maximum absolute atomic E-state index is 12.8. The fraction of sp³-hybridized carbons (Fsp3) is 0.450. The van der Waals surface area contributed by atoms with Crippen molar-refractivity contribution in [2.45, 2.75) is 25.4 Å². The Hall–Kier alpha value is -2.11. The SMILES string of the molecule is O=C(c1ccc(CN2CCCC2)o1)N1CCN[C@@H](c2ccccc2)C1. The van der Waals surface area contributed by atoms with Gasteiger partial charge in [0.1, 0.15) is 5.76 Å². The molecule has 0 bridgehead atoms. The zero-order valence-corrected chi connectivity index (χ0v) is 14.5. The molecular weight excluding hydrogens is 314 g/mol. The van der Waals surface area contributed by atoms with E-state index in [9.17, 15) is 4.79 Å². The van der Waals surface area contributed by atoms with E-state index in [-0.39, 0.29) is 11.9 Å². The molecule has 5 heteroatoms. The summed E-state index contributed by atoms with van der Waals surface area (Å²) in [5.41, 5.74) is 1.22. The van der Waals surface area contributed by atoms with Crippen molar-refractivity contribution >= 4 is 5.91 Å². The van der Waals surface area contributed by atoms with Gasteiger partial charge in [-0.15, -0.1) is 0 Å². The van der Waals surface area contributed by atoms with E-state index in [1.54, 1.807) is 0 Å². The van der Waals surface area contributed by atoms with E-state index in [0.717, 1.165) is 31.9 Å². The molecule has 0 unspecified atom stereocenters. The lowest BCUT2D eigenvalue weighted by Crippen LogP contribution is -2.48. The highest BCUT2D eigenvalue weighted by molar-refractivity contribution is 5.91. The predicted octanol–water partition coefficient (Wildman–Crippen LogP) is 2.66. The van der Waals surface area contributed by atoms with E-state index in [2.05, 4.69) is 22.3 Å². The summed E-state index contributed by atoms with van der Waals surface area (Å²) >= 11 is 0. The normalized spacial score (nSPS) is 21.6. The van der Waals surface area contributed by atoms with Crippen molar-refractivity contribution in [3.63, 3.8) is 0 Å². The van der Waals surface area contributed by atoms with E-state index >= 15 is 0 Å². The van der Waals surface area contributed by atoms with E-state index < -0.39 is 0 Å². The highest BCUT2D eigenvalue weighted by Crippen LogP contribution is 2.20. The fourth-order valence-electron chi connectivity index (χ4n) is 3.74. The van der Waals surface area contributed by atoms with Gasteiger partial charge in [-0.3, -0.25) is 9.69 Å². The number of amides is 1. The zero-order valence-electron chi connectivity index (χ0n) is 14.5. The Labute approximate surface area is 148 Å². The second-order valence-electron chi connectivity index (χ2n) is 6.92. The molecule has 5 nitrogen and oxygen atoms in total. The summed E-state index contributed by atoms with van der Waals surface area (Å²) in [6, 6.07) is 14.2. The van der Waals surface area contributed by atoms with Gasteiger partial charge < -0.3 is 14.6 Å². The molecule has 1 amide bonds. The van der Waals surface area contributed by atoms with Crippen LogP contribution in [0.3, 0.4) is 0 Å². The van der Waals surface area contributed by atoms with Crippen LogP contribution >= 0.6 is 0 Å². The van der Waals surface area contributed by atoms with Crippen LogP contribution in [-0.2, 0) is 6.54 Å². The number of nitrogens with zero attached hydrogens (tertiary/aromatic N) is 2. The van der Waals surface area contributed by atoms with E-state index in [0.29, 0.717) is 18.8 Å². The third kappa shape index (κ3) is 3.78. The Morgan fingerprint density at radius 2 is 1.88 bits per heavy atom. The maximum atomic E-state index is 12.8. The first kappa shape index (κ1) is 16.4. The van der Waals surface area contributed by atoms with Crippen molar-refractivity contribution in [2.75, 3.05) is 32.7 Å². The number of benzene rings is 1. The summed E-state index contributed by atoms with van der Waals surface area (Å²) in [5.74, 6) is 1.35. The van der Waals surface area contributed by atoms with Crippen LogP contribution in [0.5, 0.6) is 0 Å². The number of hydrogen-bond acceptors (Lipinski definition) is 4. The lowest BCUT2D eigenvalue weighted by molar-refractivity contribution is 0.0667. The fourth-order valence-corrected chi connectivity index (χ4v) is 3.74. The van der Waals surface area contributed by atoms with Crippen LogP contribution in [0.1, 0.15) is 40.8 Å². The zero-order chi connectivity index (χ0) is 17.1. The molecule has 2 saturated heterocycles. The molecule has 0 radical (unpaired) electrons. The molecule has 3 heterocycles. The monoisotopic (exact) mass is 339 g/mol. The Balaban J connectivity index is 1.41. The molecule has 1 aromatic carbocycles. The first-order valence-corrected chi connectivity index (χ1v) is 9.18. The molecule has 0 spiro atoms. The number of likely N-dealkylation sites (tertiary alicyclic amines) is 1. The molecule has 2 fully saturated rings.